The lowest BCUT2D eigenvalue weighted by Crippen LogP contribution is -2.57. The summed E-state index contributed by atoms with van der Waals surface area (Å²) in [5.74, 6) is -5.99. The second-order valence-electron chi connectivity index (χ2n) is 6.94. The molecule has 0 fully saturated rings. The van der Waals surface area contributed by atoms with Crippen molar-refractivity contribution in [1.29, 1.82) is 0 Å². The maximum Gasteiger partial charge on any atom is 0.326 e. The minimum atomic E-state index is -1.58. The van der Waals surface area contributed by atoms with E-state index in [1.54, 1.807) is 6.92 Å². The molecule has 10 N–H and O–H groups in total. The van der Waals surface area contributed by atoms with Crippen LogP contribution in [0.2, 0.25) is 0 Å². The molecule has 13 heteroatoms. The Morgan fingerprint density at radius 3 is 1.70 bits per heavy atom. The first-order valence-electron chi connectivity index (χ1n) is 9.26. The number of nitrogens with one attached hydrogen (secondary N) is 3. The lowest BCUT2D eigenvalue weighted by molar-refractivity contribution is -0.143. The van der Waals surface area contributed by atoms with Gasteiger partial charge in [-0.05, 0) is 12.8 Å². The summed E-state index contributed by atoms with van der Waals surface area (Å²) in [5, 5.41) is 15.7. The molecule has 0 saturated heterocycles. The number of hydrogen-bond donors (Lipinski definition) is 7. The highest BCUT2D eigenvalue weighted by atomic mass is 16.4. The highest BCUT2D eigenvalue weighted by Crippen LogP contribution is 2.06. The fourth-order valence-corrected chi connectivity index (χ4v) is 2.27. The van der Waals surface area contributed by atoms with Gasteiger partial charge in [0.05, 0.1) is 18.9 Å². The molecular formula is C17H30N6O7. The van der Waals surface area contributed by atoms with Crippen molar-refractivity contribution >= 4 is 35.5 Å². The highest BCUT2D eigenvalue weighted by molar-refractivity contribution is 5.96. The maximum atomic E-state index is 12.4. The van der Waals surface area contributed by atoms with Crippen molar-refractivity contribution in [2.45, 2.75) is 64.2 Å². The molecule has 0 aliphatic rings. The molecule has 30 heavy (non-hydrogen) atoms. The summed E-state index contributed by atoms with van der Waals surface area (Å²) in [6, 6.07) is -5.16. The number of carboxylic acids is 1. The second-order valence-corrected chi connectivity index (χ2v) is 6.94. The molecule has 5 amide bonds. The molecule has 0 aliphatic heterocycles. The Labute approximate surface area is 173 Å². The molecule has 170 valence electrons. The average Bonchev–Trinajstić information content (AvgIpc) is 2.64. The van der Waals surface area contributed by atoms with E-state index >= 15 is 0 Å². The molecule has 0 rings (SSSR count). The SMILES string of the molecule is CCC(C)C(N)C(=O)NC(CC(N)=O)C(=O)NC(C)C(=O)NC(CC(N)=O)C(=O)O. The molecule has 0 bridgehead atoms. The number of carboxylic acid groups (broad SMARTS) is 1. The summed E-state index contributed by atoms with van der Waals surface area (Å²) in [6.07, 6.45) is -0.581. The third-order valence-electron chi connectivity index (χ3n) is 4.37. The Bertz CT molecular complexity index is 684. The number of aliphatic carboxylic acids is 1. The van der Waals surface area contributed by atoms with Gasteiger partial charge in [-0.15, -0.1) is 0 Å². The summed E-state index contributed by atoms with van der Waals surface area (Å²) in [7, 11) is 0. The van der Waals surface area contributed by atoms with Crippen LogP contribution in [0, 0.1) is 5.92 Å². The lowest BCUT2D eigenvalue weighted by atomic mass is 9.99. The van der Waals surface area contributed by atoms with E-state index < -0.39 is 72.5 Å². The number of carbonyl (C=O) groups is 6. The largest absolute Gasteiger partial charge is 0.480 e. The van der Waals surface area contributed by atoms with Crippen molar-refractivity contribution in [3.8, 4) is 0 Å². The van der Waals surface area contributed by atoms with E-state index in [4.69, 9.17) is 22.3 Å². The Morgan fingerprint density at radius 2 is 1.27 bits per heavy atom. The predicted octanol–water partition coefficient (Wildman–Crippen LogP) is -3.33. The van der Waals surface area contributed by atoms with Gasteiger partial charge < -0.3 is 38.3 Å². The predicted molar refractivity (Wildman–Crippen MR) is 104 cm³/mol. The van der Waals surface area contributed by atoms with Crippen LogP contribution in [0.25, 0.3) is 0 Å². The van der Waals surface area contributed by atoms with Crippen LogP contribution in [0.15, 0.2) is 0 Å². The van der Waals surface area contributed by atoms with E-state index in [9.17, 15) is 28.8 Å². The highest BCUT2D eigenvalue weighted by Gasteiger charge is 2.30. The molecule has 0 aliphatic carbocycles. The summed E-state index contributed by atoms with van der Waals surface area (Å²) in [4.78, 5) is 70.1. The number of rotatable bonds is 13. The van der Waals surface area contributed by atoms with Crippen molar-refractivity contribution < 1.29 is 33.9 Å². The monoisotopic (exact) mass is 430 g/mol. The van der Waals surface area contributed by atoms with E-state index in [0.717, 1.165) is 0 Å². The molecule has 0 aromatic heterocycles. The number of hydrogen-bond acceptors (Lipinski definition) is 7. The van der Waals surface area contributed by atoms with Gasteiger partial charge in [0, 0.05) is 0 Å². The van der Waals surface area contributed by atoms with Crippen LogP contribution in [0.4, 0.5) is 0 Å². The molecule has 0 aromatic rings. The van der Waals surface area contributed by atoms with Gasteiger partial charge in [0.2, 0.25) is 29.5 Å². The van der Waals surface area contributed by atoms with Gasteiger partial charge in [0.25, 0.3) is 0 Å². The fraction of sp³-hybridized carbons (Fsp3) is 0.647. The Balaban J connectivity index is 5.14. The van der Waals surface area contributed by atoms with E-state index in [0.29, 0.717) is 6.42 Å². The summed E-state index contributed by atoms with van der Waals surface area (Å²) >= 11 is 0. The molecule has 0 heterocycles. The smallest absolute Gasteiger partial charge is 0.326 e. The van der Waals surface area contributed by atoms with E-state index in [-0.39, 0.29) is 5.92 Å². The summed E-state index contributed by atoms with van der Waals surface area (Å²) < 4.78 is 0. The molecule has 0 aromatic carbocycles. The maximum absolute atomic E-state index is 12.4. The molecule has 13 nitrogen and oxygen atoms in total. The third-order valence-corrected chi connectivity index (χ3v) is 4.37. The average molecular weight is 430 g/mol. The zero-order valence-corrected chi connectivity index (χ0v) is 17.1. The lowest BCUT2D eigenvalue weighted by Gasteiger charge is -2.24. The van der Waals surface area contributed by atoms with E-state index in [1.807, 2.05) is 6.92 Å². The normalized spacial score (nSPS) is 15.6. The van der Waals surface area contributed by atoms with Crippen LogP contribution in [0.3, 0.4) is 0 Å². The van der Waals surface area contributed by atoms with Crippen molar-refractivity contribution in [3.63, 3.8) is 0 Å². The van der Waals surface area contributed by atoms with E-state index in [2.05, 4.69) is 16.0 Å². The topological polar surface area (TPSA) is 237 Å². The molecule has 0 saturated carbocycles. The molecule has 0 spiro atoms. The third kappa shape index (κ3) is 9.32. The first kappa shape index (κ1) is 26.8. The Morgan fingerprint density at radius 1 is 0.800 bits per heavy atom. The quantitative estimate of drug-likeness (QED) is 0.155. The Kier molecular flexibility index (Phi) is 11.0. The summed E-state index contributed by atoms with van der Waals surface area (Å²) in [5.41, 5.74) is 15.9. The van der Waals surface area contributed by atoms with Crippen molar-refractivity contribution in [2.75, 3.05) is 0 Å². The number of nitrogens with two attached hydrogens (primary N) is 3. The van der Waals surface area contributed by atoms with Gasteiger partial charge in [-0.2, -0.15) is 0 Å². The van der Waals surface area contributed by atoms with Crippen molar-refractivity contribution in [3.05, 3.63) is 0 Å². The number of carbonyl (C=O) groups excluding carboxylic acids is 5. The molecule has 5 unspecified atom stereocenters. The van der Waals surface area contributed by atoms with Crippen LogP contribution in [0.5, 0.6) is 0 Å². The van der Waals surface area contributed by atoms with Gasteiger partial charge in [-0.3, -0.25) is 24.0 Å². The van der Waals surface area contributed by atoms with Crippen LogP contribution in [-0.2, 0) is 28.8 Å². The van der Waals surface area contributed by atoms with Crippen molar-refractivity contribution in [2.24, 2.45) is 23.1 Å². The zero-order chi connectivity index (χ0) is 23.6. The summed E-state index contributed by atoms with van der Waals surface area (Å²) in [6.45, 7) is 4.81. The minimum absolute atomic E-state index is 0.190. The molecular weight excluding hydrogens is 400 g/mol. The fourth-order valence-electron chi connectivity index (χ4n) is 2.27. The van der Waals surface area contributed by atoms with Gasteiger partial charge in [-0.1, -0.05) is 20.3 Å². The van der Waals surface area contributed by atoms with Crippen LogP contribution < -0.4 is 33.2 Å². The van der Waals surface area contributed by atoms with Crippen molar-refractivity contribution in [1.82, 2.24) is 16.0 Å². The van der Waals surface area contributed by atoms with Gasteiger partial charge in [0.15, 0.2) is 0 Å². The first-order valence-corrected chi connectivity index (χ1v) is 9.26. The van der Waals surface area contributed by atoms with Crippen LogP contribution in [0.1, 0.15) is 40.0 Å². The van der Waals surface area contributed by atoms with Gasteiger partial charge in [-0.25, -0.2) is 4.79 Å². The molecule has 5 atom stereocenters. The van der Waals surface area contributed by atoms with Crippen LogP contribution >= 0.6 is 0 Å². The zero-order valence-electron chi connectivity index (χ0n) is 17.1. The second kappa shape index (κ2) is 12.4. The van der Waals surface area contributed by atoms with Gasteiger partial charge in [0.1, 0.15) is 18.1 Å². The number of amides is 5. The van der Waals surface area contributed by atoms with Crippen LogP contribution in [-0.4, -0.2) is 64.8 Å². The minimum Gasteiger partial charge on any atom is -0.480 e. The molecule has 0 radical (unpaired) electrons. The van der Waals surface area contributed by atoms with Gasteiger partial charge >= 0.3 is 5.97 Å². The standard InChI is InChI=1S/C17H30N6O7/c1-4-7(2)13(20)16(28)22-9(5-11(18)24)15(27)21-8(3)14(26)23-10(17(29)30)6-12(19)25/h7-10,13H,4-6,20H2,1-3H3,(H2,18,24)(H2,19,25)(H,21,27)(H,22,28)(H,23,26)(H,29,30). The number of primary amides is 2. The van der Waals surface area contributed by atoms with E-state index in [1.165, 1.54) is 6.92 Å². The Hall–Kier alpha value is -3.22. The first-order chi connectivity index (χ1) is 13.8.